The first kappa shape index (κ1) is 13.8. The highest BCUT2D eigenvalue weighted by atomic mass is 32.1. The fraction of sp³-hybridized carbons (Fsp3) is 0.267. The van der Waals surface area contributed by atoms with Gasteiger partial charge in [0.1, 0.15) is 10.0 Å². The number of benzene rings is 1. The Labute approximate surface area is 126 Å². The molecule has 0 unspecified atom stereocenters. The topological polar surface area (TPSA) is 68.1 Å². The van der Waals surface area contributed by atoms with E-state index in [-0.39, 0.29) is 5.69 Å². The molecule has 5 nitrogen and oxygen atoms in total. The number of nitro benzene ring substituents is 1. The lowest BCUT2D eigenvalue weighted by Gasteiger charge is -1.96. The van der Waals surface area contributed by atoms with Crippen molar-refractivity contribution >= 4 is 34.2 Å². The summed E-state index contributed by atoms with van der Waals surface area (Å²) in [4.78, 5) is 14.8. The first-order valence-corrected chi connectivity index (χ1v) is 7.70. The molecule has 0 atom stereocenters. The maximum Gasteiger partial charge on any atom is 0.269 e. The molecule has 6 heteroatoms. The lowest BCUT2D eigenvalue weighted by atomic mass is 10.2. The van der Waals surface area contributed by atoms with Gasteiger partial charge in [-0.15, -0.1) is 0 Å². The first-order valence-electron chi connectivity index (χ1n) is 6.88. The third kappa shape index (κ3) is 3.28. The van der Waals surface area contributed by atoms with Gasteiger partial charge < -0.3 is 5.32 Å². The highest BCUT2D eigenvalue weighted by Crippen LogP contribution is 2.29. The molecule has 3 rings (SSSR count). The van der Waals surface area contributed by atoms with Crippen molar-refractivity contribution in [1.29, 1.82) is 0 Å². The van der Waals surface area contributed by atoms with Gasteiger partial charge in [0.2, 0.25) is 0 Å². The van der Waals surface area contributed by atoms with Gasteiger partial charge in [-0.1, -0.05) is 17.4 Å². The smallest absolute Gasteiger partial charge is 0.269 e. The number of hydrogen-bond acceptors (Lipinski definition) is 5. The number of non-ortho nitro benzene ring substituents is 1. The van der Waals surface area contributed by atoms with Crippen LogP contribution in [-0.4, -0.2) is 16.5 Å². The maximum atomic E-state index is 10.6. The SMILES string of the molecule is O=[N+]([O-])c1ccc(C=Cc2nc3c(s2)NCCCC3)cc1. The largest absolute Gasteiger partial charge is 0.375 e. The molecule has 21 heavy (non-hydrogen) atoms. The van der Waals surface area contributed by atoms with Gasteiger partial charge >= 0.3 is 0 Å². The first-order chi connectivity index (χ1) is 10.2. The number of nitrogens with zero attached hydrogens (tertiary/aromatic N) is 2. The molecule has 0 radical (unpaired) electrons. The van der Waals surface area contributed by atoms with E-state index in [0.717, 1.165) is 29.2 Å². The van der Waals surface area contributed by atoms with Crippen LogP contribution in [0, 0.1) is 10.1 Å². The summed E-state index contributed by atoms with van der Waals surface area (Å²) in [7, 11) is 0. The van der Waals surface area contributed by atoms with Crippen LogP contribution in [0.25, 0.3) is 12.2 Å². The number of anilines is 1. The molecule has 0 saturated carbocycles. The third-order valence-corrected chi connectivity index (χ3v) is 4.38. The van der Waals surface area contributed by atoms with Crippen LogP contribution in [0.5, 0.6) is 0 Å². The Kier molecular flexibility index (Phi) is 3.96. The predicted octanol–water partition coefficient (Wildman–Crippen LogP) is 3.97. The van der Waals surface area contributed by atoms with Crippen molar-refractivity contribution in [2.24, 2.45) is 0 Å². The molecular formula is C15H15N3O2S. The number of aryl methyl sites for hydroxylation is 1. The molecule has 1 aromatic heterocycles. The van der Waals surface area contributed by atoms with E-state index in [1.165, 1.54) is 30.0 Å². The second-order valence-corrected chi connectivity index (χ2v) is 5.92. The van der Waals surface area contributed by atoms with Crippen LogP contribution in [-0.2, 0) is 6.42 Å². The Morgan fingerprint density at radius 1 is 1.24 bits per heavy atom. The highest BCUT2D eigenvalue weighted by molar-refractivity contribution is 7.16. The van der Waals surface area contributed by atoms with E-state index in [4.69, 9.17) is 0 Å². The van der Waals surface area contributed by atoms with Crippen LogP contribution in [0.3, 0.4) is 0 Å². The highest BCUT2D eigenvalue weighted by Gasteiger charge is 2.12. The van der Waals surface area contributed by atoms with E-state index < -0.39 is 4.92 Å². The van der Waals surface area contributed by atoms with Crippen LogP contribution in [0.4, 0.5) is 10.7 Å². The van der Waals surface area contributed by atoms with Crippen molar-refractivity contribution in [3.63, 3.8) is 0 Å². The summed E-state index contributed by atoms with van der Waals surface area (Å²) >= 11 is 1.66. The fourth-order valence-electron chi connectivity index (χ4n) is 2.24. The fourth-order valence-corrected chi connectivity index (χ4v) is 3.18. The van der Waals surface area contributed by atoms with Crippen molar-refractivity contribution < 1.29 is 4.92 Å². The molecule has 1 aliphatic heterocycles. The third-order valence-electron chi connectivity index (χ3n) is 3.36. The minimum absolute atomic E-state index is 0.109. The van der Waals surface area contributed by atoms with E-state index >= 15 is 0 Å². The van der Waals surface area contributed by atoms with Gasteiger partial charge in [0.15, 0.2) is 0 Å². The molecule has 0 amide bonds. The Morgan fingerprint density at radius 2 is 2.05 bits per heavy atom. The van der Waals surface area contributed by atoms with Gasteiger partial charge in [-0.25, -0.2) is 4.98 Å². The number of aromatic nitrogens is 1. The molecule has 1 aromatic carbocycles. The molecule has 2 heterocycles. The second kappa shape index (κ2) is 6.05. The average molecular weight is 301 g/mol. The second-order valence-electron chi connectivity index (χ2n) is 4.89. The molecular weight excluding hydrogens is 286 g/mol. The molecule has 1 N–H and O–H groups in total. The minimum atomic E-state index is -0.392. The molecule has 0 aliphatic carbocycles. The van der Waals surface area contributed by atoms with Gasteiger partial charge in [0, 0.05) is 18.7 Å². The van der Waals surface area contributed by atoms with Crippen LogP contribution in [0.2, 0.25) is 0 Å². The summed E-state index contributed by atoms with van der Waals surface area (Å²) in [5.74, 6) is 0. The number of hydrogen-bond donors (Lipinski definition) is 1. The zero-order chi connectivity index (χ0) is 14.7. The van der Waals surface area contributed by atoms with Crippen molar-refractivity contribution in [1.82, 2.24) is 4.98 Å². The Morgan fingerprint density at radius 3 is 2.81 bits per heavy atom. The zero-order valence-corrected chi connectivity index (χ0v) is 12.2. The minimum Gasteiger partial charge on any atom is -0.375 e. The summed E-state index contributed by atoms with van der Waals surface area (Å²) in [6, 6.07) is 6.51. The molecule has 1 aliphatic rings. The normalized spacial score (nSPS) is 14.5. The van der Waals surface area contributed by atoms with Gasteiger partial charge in [0.05, 0.1) is 10.6 Å². The average Bonchev–Trinajstić information content (AvgIpc) is 2.75. The summed E-state index contributed by atoms with van der Waals surface area (Å²) in [5, 5.41) is 16.2. The summed E-state index contributed by atoms with van der Waals surface area (Å²) in [6.07, 6.45) is 7.29. The zero-order valence-electron chi connectivity index (χ0n) is 11.4. The Hall–Kier alpha value is -2.21. The maximum absolute atomic E-state index is 10.6. The van der Waals surface area contributed by atoms with Gasteiger partial charge in [-0.2, -0.15) is 0 Å². The van der Waals surface area contributed by atoms with Gasteiger partial charge in [0.25, 0.3) is 5.69 Å². The van der Waals surface area contributed by atoms with Gasteiger partial charge in [-0.3, -0.25) is 10.1 Å². The summed E-state index contributed by atoms with van der Waals surface area (Å²) < 4.78 is 0. The van der Waals surface area contributed by atoms with E-state index in [1.54, 1.807) is 23.5 Å². The van der Waals surface area contributed by atoms with E-state index in [1.807, 2.05) is 12.2 Å². The van der Waals surface area contributed by atoms with E-state index in [0.29, 0.717) is 0 Å². The van der Waals surface area contributed by atoms with Crippen molar-refractivity contribution in [3.05, 3.63) is 50.6 Å². The molecule has 0 fully saturated rings. The number of fused-ring (bicyclic) bond motifs is 1. The monoisotopic (exact) mass is 301 g/mol. The molecule has 0 bridgehead atoms. The standard InChI is InChI=1S/C15H15N3O2S/c19-18(20)12-7-4-11(5-8-12)6-9-14-17-13-3-1-2-10-16-15(13)21-14/h4-9,16H,1-3,10H2. The van der Waals surface area contributed by atoms with Crippen molar-refractivity contribution in [3.8, 4) is 0 Å². The Balaban J connectivity index is 1.75. The molecule has 0 saturated heterocycles. The number of thiazole rings is 1. The Bertz CT molecular complexity index is 653. The van der Waals surface area contributed by atoms with Crippen molar-refractivity contribution in [2.45, 2.75) is 19.3 Å². The molecule has 2 aromatic rings. The van der Waals surface area contributed by atoms with Gasteiger partial charge in [-0.05, 0) is 43.0 Å². The molecule has 0 spiro atoms. The lowest BCUT2D eigenvalue weighted by Crippen LogP contribution is -1.96. The summed E-state index contributed by atoms with van der Waals surface area (Å²) in [5.41, 5.74) is 2.19. The van der Waals surface area contributed by atoms with Crippen molar-refractivity contribution in [2.75, 3.05) is 11.9 Å². The van der Waals surface area contributed by atoms with Crippen LogP contribution >= 0.6 is 11.3 Å². The molecule has 108 valence electrons. The summed E-state index contributed by atoms with van der Waals surface area (Å²) in [6.45, 7) is 1.01. The quantitative estimate of drug-likeness (QED) is 0.688. The van der Waals surface area contributed by atoms with Crippen LogP contribution < -0.4 is 5.32 Å². The predicted molar refractivity (Wildman–Crippen MR) is 85.6 cm³/mol. The van der Waals surface area contributed by atoms with Crippen LogP contribution in [0.15, 0.2) is 24.3 Å². The van der Waals surface area contributed by atoms with E-state index in [2.05, 4.69) is 10.3 Å². The van der Waals surface area contributed by atoms with Crippen LogP contribution in [0.1, 0.15) is 29.1 Å². The number of nitro groups is 1. The number of rotatable bonds is 3. The van der Waals surface area contributed by atoms with E-state index in [9.17, 15) is 10.1 Å². The lowest BCUT2D eigenvalue weighted by molar-refractivity contribution is -0.384. The number of nitrogens with one attached hydrogen (secondary N) is 1.